The van der Waals surface area contributed by atoms with Crippen molar-refractivity contribution in [3.8, 4) is 0 Å². The van der Waals surface area contributed by atoms with E-state index in [-0.39, 0.29) is 5.60 Å². The maximum atomic E-state index is 6.51. The Bertz CT molecular complexity index is 786. The second-order valence-electron chi connectivity index (χ2n) is 6.22. The van der Waals surface area contributed by atoms with E-state index in [0.717, 1.165) is 19.5 Å². The van der Waals surface area contributed by atoms with Gasteiger partial charge in [-0.05, 0) is 34.9 Å². The van der Waals surface area contributed by atoms with Gasteiger partial charge in [0.25, 0.3) is 0 Å². The summed E-state index contributed by atoms with van der Waals surface area (Å²) in [4.78, 5) is 0. The molecular formula is C21H21NO. The second kappa shape index (κ2) is 6.15. The maximum absolute atomic E-state index is 6.51. The van der Waals surface area contributed by atoms with Crippen molar-refractivity contribution in [3.05, 3.63) is 83.9 Å². The van der Waals surface area contributed by atoms with Gasteiger partial charge in [-0.2, -0.15) is 0 Å². The molecule has 1 fully saturated rings. The third kappa shape index (κ3) is 2.76. The summed E-state index contributed by atoms with van der Waals surface area (Å²) in [5, 5.41) is 6.06. The van der Waals surface area contributed by atoms with Crippen molar-refractivity contribution in [1.29, 1.82) is 0 Å². The molecule has 0 radical (unpaired) electrons. The van der Waals surface area contributed by atoms with Crippen LogP contribution in [0.1, 0.15) is 17.5 Å². The van der Waals surface area contributed by atoms with Crippen molar-refractivity contribution in [2.75, 3.05) is 13.1 Å². The quantitative estimate of drug-likeness (QED) is 0.778. The number of ether oxygens (including phenoxy) is 1. The van der Waals surface area contributed by atoms with Crippen LogP contribution in [0, 0.1) is 0 Å². The Labute approximate surface area is 137 Å². The van der Waals surface area contributed by atoms with Crippen LogP contribution in [0.15, 0.2) is 72.8 Å². The zero-order chi connectivity index (χ0) is 15.5. The minimum Gasteiger partial charge on any atom is -0.364 e. The minimum atomic E-state index is -0.239. The van der Waals surface area contributed by atoms with Crippen molar-refractivity contribution >= 4 is 10.8 Å². The van der Waals surface area contributed by atoms with Gasteiger partial charge in [-0.15, -0.1) is 0 Å². The summed E-state index contributed by atoms with van der Waals surface area (Å²) < 4.78 is 6.51. The van der Waals surface area contributed by atoms with E-state index in [1.54, 1.807) is 0 Å². The van der Waals surface area contributed by atoms with Crippen molar-refractivity contribution in [2.45, 2.75) is 18.6 Å². The molecule has 1 aliphatic rings. The number of hydrogen-bond donors (Lipinski definition) is 1. The Morgan fingerprint density at radius 3 is 2.48 bits per heavy atom. The molecule has 0 aromatic heterocycles. The van der Waals surface area contributed by atoms with Crippen LogP contribution in [-0.2, 0) is 16.9 Å². The minimum absolute atomic E-state index is 0.239. The van der Waals surface area contributed by atoms with E-state index in [4.69, 9.17) is 4.74 Å². The summed E-state index contributed by atoms with van der Waals surface area (Å²) in [7, 11) is 0. The molecule has 0 spiro atoms. The highest BCUT2D eigenvalue weighted by Gasteiger charge is 2.37. The Kier molecular flexibility index (Phi) is 3.86. The average Bonchev–Trinajstić information content (AvgIpc) is 3.10. The van der Waals surface area contributed by atoms with Gasteiger partial charge in [0, 0.05) is 6.54 Å². The second-order valence-corrected chi connectivity index (χ2v) is 6.22. The van der Waals surface area contributed by atoms with Gasteiger partial charge < -0.3 is 10.1 Å². The molecule has 3 aromatic carbocycles. The molecule has 0 aliphatic carbocycles. The van der Waals surface area contributed by atoms with Crippen LogP contribution in [0.3, 0.4) is 0 Å². The summed E-state index contributed by atoms with van der Waals surface area (Å²) >= 11 is 0. The highest BCUT2D eigenvalue weighted by Crippen LogP contribution is 2.37. The molecule has 23 heavy (non-hydrogen) atoms. The molecule has 1 unspecified atom stereocenters. The number of nitrogens with one attached hydrogen (secondary N) is 1. The van der Waals surface area contributed by atoms with Crippen LogP contribution in [-0.4, -0.2) is 13.1 Å². The number of benzene rings is 3. The van der Waals surface area contributed by atoms with E-state index in [9.17, 15) is 0 Å². The molecule has 1 atom stereocenters. The third-order valence-corrected chi connectivity index (χ3v) is 4.75. The Hall–Kier alpha value is -2.16. The molecule has 1 aliphatic heterocycles. The van der Waals surface area contributed by atoms with Gasteiger partial charge in [0.2, 0.25) is 0 Å². The highest BCUT2D eigenvalue weighted by atomic mass is 16.5. The van der Waals surface area contributed by atoms with E-state index < -0.39 is 0 Å². The van der Waals surface area contributed by atoms with Crippen molar-refractivity contribution in [3.63, 3.8) is 0 Å². The standard InChI is InChI=1S/C21H21NO/c1-2-7-17(8-3-1)15-23-21(13-14-22-16-21)20-12-6-10-18-9-4-5-11-19(18)20/h1-12,22H,13-16H2. The topological polar surface area (TPSA) is 21.3 Å². The predicted octanol–water partition coefficient (Wildman–Crippen LogP) is 4.25. The number of rotatable bonds is 4. The number of fused-ring (bicyclic) bond motifs is 1. The third-order valence-electron chi connectivity index (χ3n) is 4.75. The van der Waals surface area contributed by atoms with Crippen molar-refractivity contribution in [2.24, 2.45) is 0 Å². The van der Waals surface area contributed by atoms with E-state index in [1.165, 1.54) is 21.9 Å². The fraction of sp³-hybridized carbons (Fsp3) is 0.238. The summed E-state index contributed by atoms with van der Waals surface area (Å²) in [6.45, 7) is 2.51. The Morgan fingerprint density at radius 2 is 1.65 bits per heavy atom. The molecule has 0 bridgehead atoms. The first-order valence-electron chi connectivity index (χ1n) is 8.24. The van der Waals surface area contributed by atoms with E-state index in [1.807, 2.05) is 6.07 Å². The molecule has 0 amide bonds. The molecule has 2 nitrogen and oxygen atoms in total. The van der Waals surface area contributed by atoms with Gasteiger partial charge in [0.15, 0.2) is 0 Å². The van der Waals surface area contributed by atoms with Gasteiger partial charge in [-0.1, -0.05) is 72.8 Å². The maximum Gasteiger partial charge on any atom is 0.108 e. The molecule has 2 heteroatoms. The van der Waals surface area contributed by atoms with Crippen molar-refractivity contribution < 1.29 is 4.74 Å². The number of hydrogen-bond acceptors (Lipinski definition) is 2. The lowest BCUT2D eigenvalue weighted by molar-refractivity contribution is -0.0459. The highest BCUT2D eigenvalue weighted by molar-refractivity contribution is 5.86. The fourth-order valence-electron chi connectivity index (χ4n) is 3.52. The average molecular weight is 303 g/mol. The normalized spacial score (nSPS) is 20.9. The summed E-state index contributed by atoms with van der Waals surface area (Å²) in [6, 6.07) is 25.5. The lowest BCUT2D eigenvalue weighted by Crippen LogP contribution is -2.32. The van der Waals surface area contributed by atoms with Gasteiger partial charge in [-0.3, -0.25) is 0 Å². The Morgan fingerprint density at radius 1 is 0.870 bits per heavy atom. The van der Waals surface area contributed by atoms with Crippen LogP contribution in [0.5, 0.6) is 0 Å². The molecule has 0 saturated carbocycles. The summed E-state index contributed by atoms with van der Waals surface area (Å²) in [6.07, 6.45) is 1.01. The molecule has 1 heterocycles. The Balaban J connectivity index is 1.71. The van der Waals surface area contributed by atoms with E-state index >= 15 is 0 Å². The van der Waals surface area contributed by atoms with Crippen LogP contribution < -0.4 is 5.32 Å². The smallest absolute Gasteiger partial charge is 0.108 e. The van der Waals surface area contributed by atoms with Gasteiger partial charge in [0.1, 0.15) is 5.60 Å². The monoisotopic (exact) mass is 303 g/mol. The SMILES string of the molecule is c1ccc(COC2(c3cccc4ccccc34)CCNC2)cc1. The molecule has 1 saturated heterocycles. The van der Waals surface area contributed by atoms with Crippen molar-refractivity contribution in [1.82, 2.24) is 5.32 Å². The lowest BCUT2D eigenvalue weighted by atomic mass is 9.88. The first-order chi connectivity index (χ1) is 11.4. The molecule has 3 aromatic rings. The molecule has 116 valence electrons. The van der Waals surface area contributed by atoms with Crippen LogP contribution in [0.25, 0.3) is 10.8 Å². The predicted molar refractivity (Wildman–Crippen MR) is 94.3 cm³/mol. The summed E-state index contributed by atoms with van der Waals surface area (Å²) in [5.41, 5.74) is 2.28. The zero-order valence-corrected chi connectivity index (χ0v) is 13.2. The zero-order valence-electron chi connectivity index (χ0n) is 13.2. The largest absolute Gasteiger partial charge is 0.364 e. The molecule has 1 N–H and O–H groups in total. The summed E-state index contributed by atoms with van der Waals surface area (Å²) in [5.74, 6) is 0. The van der Waals surface area contributed by atoms with Crippen LogP contribution in [0.4, 0.5) is 0 Å². The lowest BCUT2D eigenvalue weighted by Gasteiger charge is -2.30. The van der Waals surface area contributed by atoms with E-state index in [0.29, 0.717) is 6.61 Å². The van der Waals surface area contributed by atoms with Crippen LogP contribution >= 0.6 is 0 Å². The molecule has 4 rings (SSSR count). The first-order valence-corrected chi connectivity index (χ1v) is 8.24. The van der Waals surface area contributed by atoms with E-state index in [2.05, 4.69) is 72.0 Å². The van der Waals surface area contributed by atoms with Gasteiger partial charge >= 0.3 is 0 Å². The fourth-order valence-corrected chi connectivity index (χ4v) is 3.52. The van der Waals surface area contributed by atoms with Gasteiger partial charge in [0.05, 0.1) is 6.61 Å². The first kappa shape index (κ1) is 14.4. The molecular weight excluding hydrogens is 282 g/mol. The van der Waals surface area contributed by atoms with Gasteiger partial charge in [-0.25, -0.2) is 0 Å². The van der Waals surface area contributed by atoms with Crippen LogP contribution in [0.2, 0.25) is 0 Å².